The standard InChI is InChI=1S/C32H36OP.BrH/c1(2-16-26-33-28-29-18-8-4-9-19-29)3-17-27-34(30-20-10-5-11-21-30,31-22-12-6-13-23-31)32-24-14-7-15-25-32;/h4-15,18-25H,1-3,16-17,26-28H2;1H/q+1;/p-1. The van der Waals surface area contributed by atoms with Crippen molar-refractivity contribution in [2.45, 2.75) is 38.7 Å². The Bertz CT molecular complexity index is 975. The van der Waals surface area contributed by atoms with E-state index in [0.29, 0.717) is 0 Å². The maximum Gasteiger partial charge on any atom is 0.112 e. The van der Waals surface area contributed by atoms with E-state index in [0.717, 1.165) is 19.6 Å². The molecule has 0 atom stereocenters. The fourth-order valence-electron chi connectivity index (χ4n) is 4.73. The number of hydrogen-bond acceptors (Lipinski definition) is 1. The summed E-state index contributed by atoms with van der Waals surface area (Å²) in [6.45, 7) is 1.57. The number of ether oxygens (including phenoxy) is 1. The van der Waals surface area contributed by atoms with Crippen molar-refractivity contribution in [3.05, 3.63) is 127 Å². The molecule has 0 aromatic heterocycles. The van der Waals surface area contributed by atoms with E-state index in [1.807, 2.05) is 6.07 Å². The van der Waals surface area contributed by atoms with Gasteiger partial charge in [0, 0.05) is 6.61 Å². The van der Waals surface area contributed by atoms with Gasteiger partial charge in [0.15, 0.2) is 0 Å². The number of benzene rings is 4. The van der Waals surface area contributed by atoms with Crippen LogP contribution in [0, 0.1) is 0 Å². The van der Waals surface area contributed by atoms with E-state index in [4.69, 9.17) is 4.74 Å². The summed E-state index contributed by atoms with van der Waals surface area (Å²) in [5.74, 6) is 0. The SMILES string of the molecule is [Br-].c1ccc(COCCCCCCC[P+](c2ccccc2)(c2ccccc2)c2ccccc2)cc1. The van der Waals surface area contributed by atoms with E-state index < -0.39 is 7.26 Å². The third-order valence-corrected chi connectivity index (χ3v) is 11.0. The summed E-state index contributed by atoms with van der Waals surface area (Å²) in [5, 5.41) is 4.46. The number of unbranched alkanes of at least 4 members (excludes halogenated alkanes) is 4. The highest BCUT2D eigenvalue weighted by molar-refractivity contribution is 7.95. The Morgan fingerprint density at radius 2 is 0.857 bits per heavy atom. The highest BCUT2D eigenvalue weighted by Gasteiger charge is 2.44. The first-order valence-corrected chi connectivity index (χ1v) is 14.5. The van der Waals surface area contributed by atoms with Gasteiger partial charge < -0.3 is 21.7 Å². The van der Waals surface area contributed by atoms with Crippen LogP contribution in [0.3, 0.4) is 0 Å². The number of rotatable bonds is 13. The summed E-state index contributed by atoms with van der Waals surface area (Å²) in [7, 11) is -1.68. The van der Waals surface area contributed by atoms with Gasteiger partial charge in [-0.1, -0.05) is 97.8 Å². The van der Waals surface area contributed by atoms with E-state index in [-0.39, 0.29) is 17.0 Å². The minimum Gasteiger partial charge on any atom is -1.00 e. The maximum absolute atomic E-state index is 5.86. The van der Waals surface area contributed by atoms with Gasteiger partial charge in [0.25, 0.3) is 0 Å². The average Bonchev–Trinajstić information content (AvgIpc) is 2.92. The average molecular weight is 548 g/mol. The number of halogens is 1. The Morgan fingerprint density at radius 1 is 0.457 bits per heavy atom. The molecule has 0 aliphatic rings. The van der Waals surface area contributed by atoms with Crippen LogP contribution in [0.2, 0.25) is 0 Å². The van der Waals surface area contributed by atoms with Crippen LogP contribution in [0.25, 0.3) is 0 Å². The van der Waals surface area contributed by atoms with E-state index >= 15 is 0 Å². The third-order valence-electron chi connectivity index (χ3n) is 6.48. The molecule has 4 aromatic carbocycles. The van der Waals surface area contributed by atoms with Crippen molar-refractivity contribution in [1.82, 2.24) is 0 Å². The molecule has 0 amide bonds. The molecule has 0 unspecified atom stereocenters. The van der Waals surface area contributed by atoms with Crippen LogP contribution in [0.5, 0.6) is 0 Å². The van der Waals surface area contributed by atoms with Crippen LogP contribution in [0.1, 0.15) is 37.7 Å². The first-order valence-electron chi connectivity index (χ1n) is 12.6. The predicted octanol–water partition coefficient (Wildman–Crippen LogP) is 4.15. The fraction of sp³-hybridized carbons (Fsp3) is 0.250. The first kappa shape index (κ1) is 27.3. The molecule has 0 saturated heterocycles. The molecule has 0 aliphatic carbocycles. The summed E-state index contributed by atoms with van der Waals surface area (Å²) in [5.41, 5.74) is 1.26. The highest BCUT2D eigenvalue weighted by atomic mass is 79.9. The zero-order valence-electron chi connectivity index (χ0n) is 20.4. The molecule has 3 heteroatoms. The fourth-order valence-corrected chi connectivity index (χ4v) is 9.14. The summed E-state index contributed by atoms with van der Waals surface area (Å²) in [6.07, 6.45) is 7.39. The summed E-state index contributed by atoms with van der Waals surface area (Å²) < 4.78 is 5.86. The molecule has 35 heavy (non-hydrogen) atoms. The molecular formula is C32H36BrOP. The van der Waals surface area contributed by atoms with Crippen LogP contribution in [0.15, 0.2) is 121 Å². The van der Waals surface area contributed by atoms with Crippen molar-refractivity contribution in [3.8, 4) is 0 Å². The molecule has 1 nitrogen and oxygen atoms in total. The van der Waals surface area contributed by atoms with Gasteiger partial charge in [0.1, 0.15) is 23.2 Å². The smallest absolute Gasteiger partial charge is 0.112 e. The van der Waals surface area contributed by atoms with Crippen molar-refractivity contribution in [3.63, 3.8) is 0 Å². The lowest BCUT2D eigenvalue weighted by Crippen LogP contribution is -3.00. The zero-order chi connectivity index (χ0) is 23.3. The molecule has 0 N–H and O–H groups in total. The lowest BCUT2D eigenvalue weighted by atomic mass is 10.2. The van der Waals surface area contributed by atoms with Crippen LogP contribution in [-0.4, -0.2) is 12.8 Å². The molecule has 182 valence electrons. The zero-order valence-corrected chi connectivity index (χ0v) is 22.9. The Morgan fingerprint density at radius 3 is 1.34 bits per heavy atom. The van der Waals surface area contributed by atoms with Gasteiger partial charge in [0.05, 0.1) is 12.8 Å². The molecule has 4 rings (SSSR count). The third kappa shape index (κ3) is 7.61. The highest BCUT2D eigenvalue weighted by Crippen LogP contribution is 2.55. The summed E-state index contributed by atoms with van der Waals surface area (Å²) >= 11 is 0. The predicted molar refractivity (Wildman–Crippen MR) is 149 cm³/mol. The topological polar surface area (TPSA) is 9.23 Å². The summed E-state index contributed by atoms with van der Waals surface area (Å²) in [4.78, 5) is 0. The van der Waals surface area contributed by atoms with E-state index in [1.165, 1.54) is 53.3 Å². The van der Waals surface area contributed by atoms with E-state index in [1.54, 1.807) is 0 Å². The Balaban J connectivity index is 0.00000342. The monoisotopic (exact) mass is 546 g/mol. The van der Waals surface area contributed by atoms with E-state index in [9.17, 15) is 0 Å². The van der Waals surface area contributed by atoms with Gasteiger partial charge >= 0.3 is 0 Å². The second-order valence-electron chi connectivity index (χ2n) is 8.85. The van der Waals surface area contributed by atoms with Crippen LogP contribution in [-0.2, 0) is 11.3 Å². The van der Waals surface area contributed by atoms with Crippen LogP contribution in [0.4, 0.5) is 0 Å². The van der Waals surface area contributed by atoms with E-state index in [2.05, 4.69) is 115 Å². The quantitative estimate of drug-likeness (QED) is 0.181. The molecule has 4 aromatic rings. The minimum absolute atomic E-state index is 0. The largest absolute Gasteiger partial charge is 1.00 e. The van der Waals surface area contributed by atoms with Crippen molar-refractivity contribution in [2.75, 3.05) is 12.8 Å². The van der Waals surface area contributed by atoms with Crippen molar-refractivity contribution >= 4 is 23.2 Å². The normalized spacial score (nSPS) is 11.1. The summed E-state index contributed by atoms with van der Waals surface area (Å²) in [6, 6.07) is 44.1. The Labute approximate surface area is 222 Å². The van der Waals surface area contributed by atoms with Gasteiger partial charge in [-0.2, -0.15) is 0 Å². The van der Waals surface area contributed by atoms with Gasteiger partial charge in [-0.3, -0.25) is 0 Å². The van der Waals surface area contributed by atoms with Crippen LogP contribution < -0.4 is 32.9 Å². The molecule has 0 spiro atoms. The van der Waals surface area contributed by atoms with Gasteiger partial charge in [0.2, 0.25) is 0 Å². The molecule has 0 saturated carbocycles. The molecule has 0 bridgehead atoms. The second kappa shape index (κ2) is 15.0. The Kier molecular flexibility index (Phi) is 11.7. The van der Waals surface area contributed by atoms with Crippen molar-refractivity contribution < 1.29 is 21.7 Å². The van der Waals surface area contributed by atoms with Gasteiger partial charge in [-0.15, -0.1) is 0 Å². The first-order chi connectivity index (χ1) is 16.9. The molecule has 0 fully saturated rings. The molecular weight excluding hydrogens is 511 g/mol. The van der Waals surface area contributed by atoms with Crippen molar-refractivity contribution in [2.24, 2.45) is 0 Å². The maximum atomic E-state index is 5.86. The lowest BCUT2D eigenvalue weighted by Gasteiger charge is -2.27. The molecule has 0 heterocycles. The molecule has 0 radical (unpaired) electrons. The minimum atomic E-state index is -1.68. The van der Waals surface area contributed by atoms with Crippen molar-refractivity contribution in [1.29, 1.82) is 0 Å². The number of hydrogen-bond donors (Lipinski definition) is 0. The molecule has 0 aliphatic heterocycles. The van der Waals surface area contributed by atoms with Crippen LogP contribution >= 0.6 is 7.26 Å². The van der Waals surface area contributed by atoms with Gasteiger partial charge in [-0.05, 0) is 61.2 Å². The Hall–Kier alpha value is -2.25. The second-order valence-corrected chi connectivity index (χ2v) is 12.5. The van der Waals surface area contributed by atoms with Gasteiger partial charge in [-0.25, -0.2) is 0 Å². The lowest BCUT2D eigenvalue weighted by molar-refractivity contribution is -0.00000726.